The van der Waals surface area contributed by atoms with E-state index in [4.69, 9.17) is 0 Å². The Morgan fingerprint density at radius 1 is 0.941 bits per heavy atom. The summed E-state index contributed by atoms with van der Waals surface area (Å²) in [6.45, 7) is 0. The molecule has 0 atom stereocenters. The van der Waals surface area contributed by atoms with Crippen LogP contribution in [0.5, 0.6) is 0 Å². The van der Waals surface area contributed by atoms with Gasteiger partial charge >= 0.3 is 0 Å². The molecule has 34 heavy (non-hydrogen) atoms. The lowest BCUT2D eigenvalue weighted by Gasteiger charge is -2.20. The Morgan fingerprint density at radius 3 is 2.41 bits per heavy atom. The monoisotopic (exact) mass is 489 g/mol. The van der Waals surface area contributed by atoms with Crippen LogP contribution in [-0.4, -0.2) is 26.4 Å². The van der Waals surface area contributed by atoms with E-state index in [-0.39, 0.29) is 10.8 Å². The maximum atomic E-state index is 13.0. The quantitative estimate of drug-likeness (QED) is 0.333. The standard InChI is InChI=1S/C26H23N3O3S2/c1-29(23-9-3-2-4-10-23)34(31,32)25-11-5-8-22(17-25)28-26(30)21-12-14-24(15-13-21)33-19-20-7-6-16-27-18-20/h2-18H,19H2,1H3,(H,28,30). The number of aromatic nitrogens is 1. The molecule has 1 amide bonds. The number of carbonyl (C=O) groups is 1. The van der Waals surface area contributed by atoms with E-state index in [1.54, 1.807) is 66.5 Å². The lowest BCUT2D eigenvalue weighted by Crippen LogP contribution is -2.26. The molecule has 4 rings (SSSR count). The molecule has 8 heteroatoms. The van der Waals surface area contributed by atoms with Crippen molar-refractivity contribution in [2.45, 2.75) is 15.5 Å². The lowest BCUT2D eigenvalue weighted by atomic mass is 10.2. The molecule has 4 aromatic rings. The van der Waals surface area contributed by atoms with Crippen LogP contribution in [0.4, 0.5) is 11.4 Å². The Balaban J connectivity index is 1.43. The van der Waals surface area contributed by atoms with Gasteiger partial charge in [-0.05, 0) is 66.2 Å². The van der Waals surface area contributed by atoms with Crippen molar-refractivity contribution >= 4 is 39.1 Å². The van der Waals surface area contributed by atoms with E-state index in [0.29, 0.717) is 16.9 Å². The van der Waals surface area contributed by atoms with Crippen LogP contribution < -0.4 is 9.62 Å². The number of pyridine rings is 1. The largest absolute Gasteiger partial charge is 0.322 e. The minimum Gasteiger partial charge on any atom is -0.322 e. The molecule has 0 spiro atoms. The molecule has 0 aliphatic heterocycles. The molecule has 0 aliphatic carbocycles. The van der Waals surface area contributed by atoms with Crippen molar-refractivity contribution in [1.82, 2.24) is 4.98 Å². The van der Waals surface area contributed by atoms with Crippen molar-refractivity contribution in [1.29, 1.82) is 0 Å². The van der Waals surface area contributed by atoms with Crippen LogP contribution in [0.2, 0.25) is 0 Å². The third-order valence-electron chi connectivity index (χ3n) is 5.11. The van der Waals surface area contributed by atoms with Crippen molar-refractivity contribution in [3.8, 4) is 0 Å². The maximum absolute atomic E-state index is 13.0. The molecule has 3 aromatic carbocycles. The molecule has 1 N–H and O–H groups in total. The van der Waals surface area contributed by atoms with Crippen molar-refractivity contribution in [3.63, 3.8) is 0 Å². The van der Waals surface area contributed by atoms with Gasteiger partial charge in [-0.2, -0.15) is 0 Å². The molecular weight excluding hydrogens is 466 g/mol. The summed E-state index contributed by atoms with van der Waals surface area (Å²) in [4.78, 5) is 18.0. The zero-order valence-electron chi connectivity index (χ0n) is 18.5. The van der Waals surface area contributed by atoms with Gasteiger partial charge in [-0.1, -0.05) is 30.3 Å². The van der Waals surface area contributed by atoms with E-state index in [0.717, 1.165) is 16.2 Å². The van der Waals surface area contributed by atoms with Gasteiger partial charge in [0.05, 0.1) is 10.6 Å². The van der Waals surface area contributed by atoms with E-state index in [2.05, 4.69) is 10.3 Å². The first kappa shape index (κ1) is 23.5. The van der Waals surface area contributed by atoms with E-state index in [9.17, 15) is 13.2 Å². The van der Waals surface area contributed by atoms with Gasteiger partial charge in [0.1, 0.15) is 0 Å². The predicted octanol–water partition coefficient (Wildman–Crippen LogP) is 5.45. The number of hydrogen-bond acceptors (Lipinski definition) is 5. The van der Waals surface area contributed by atoms with Crippen LogP contribution in [0.1, 0.15) is 15.9 Å². The van der Waals surface area contributed by atoms with Crippen LogP contribution in [0.3, 0.4) is 0 Å². The average molecular weight is 490 g/mol. The molecule has 0 unspecified atom stereocenters. The first-order chi connectivity index (χ1) is 16.4. The Labute approximate surface area is 203 Å². The molecular formula is C26H23N3O3S2. The molecule has 1 heterocycles. The van der Waals surface area contributed by atoms with E-state index >= 15 is 0 Å². The van der Waals surface area contributed by atoms with Gasteiger partial charge in [-0.25, -0.2) is 8.42 Å². The van der Waals surface area contributed by atoms with Crippen molar-refractivity contribution in [2.75, 3.05) is 16.7 Å². The minimum atomic E-state index is -3.78. The zero-order chi connectivity index (χ0) is 24.0. The van der Waals surface area contributed by atoms with Gasteiger partial charge < -0.3 is 5.32 Å². The summed E-state index contributed by atoms with van der Waals surface area (Å²) in [6, 6.07) is 26.3. The number of nitrogens with one attached hydrogen (secondary N) is 1. The third kappa shape index (κ3) is 5.65. The number of carbonyl (C=O) groups excluding carboxylic acids is 1. The first-order valence-electron chi connectivity index (χ1n) is 10.5. The Kier molecular flexibility index (Phi) is 7.30. The SMILES string of the molecule is CN(c1ccccc1)S(=O)(=O)c1cccc(NC(=O)c2ccc(SCc3cccnc3)cc2)c1. The highest BCUT2D eigenvalue weighted by Gasteiger charge is 2.21. The second-order valence-electron chi connectivity index (χ2n) is 7.46. The fraction of sp³-hybridized carbons (Fsp3) is 0.0769. The zero-order valence-corrected chi connectivity index (χ0v) is 20.1. The number of para-hydroxylation sites is 1. The highest BCUT2D eigenvalue weighted by atomic mass is 32.2. The molecule has 0 aliphatic rings. The number of benzene rings is 3. The fourth-order valence-electron chi connectivity index (χ4n) is 3.23. The van der Waals surface area contributed by atoms with Gasteiger partial charge in [0.2, 0.25) is 0 Å². The van der Waals surface area contributed by atoms with Gasteiger partial charge in [-0.15, -0.1) is 11.8 Å². The van der Waals surface area contributed by atoms with Crippen molar-refractivity contribution in [3.05, 3.63) is 115 Å². The summed E-state index contributed by atoms with van der Waals surface area (Å²) in [5.74, 6) is 0.479. The summed E-state index contributed by atoms with van der Waals surface area (Å²) in [7, 11) is -2.27. The van der Waals surface area contributed by atoms with Crippen LogP contribution in [0.25, 0.3) is 0 Å². The average Bonchev–Trinajstić information content (AvgIpc) is 2.88. The molecule has 0 fully saturated rings. The second-order valence-corrected chi connectivity index (χ2v) is 10.5. The normalized spacial score (nSPS) is 11.1. The number of amides is 1. The number of rotatable bonds is 8. The first-order valence-corrected chi connectivity index (χ1v) is 12.9. The van der Waals surface area contributed by atoms with Crippen LogP contribution in [0.15, 0.2) is 113 Å². The van der Waals surface area contributed by atoms with E-state index in [1.807, 2.05) is 36.5 Å². The number of anilines is 2. The van der Waals surface area contributed by atoms with E-state index < -0.39 is 10.0 Å². The summed E-state index contributed by atoms with van der Waals surface area (Å²) in [6.07, 6.45) is 3.58. The summed E-state index contributed by atoms with van der Waals surface area (Å²) in [5.41, 5.74) is 2.57. The van der Waals surface area contributed by atoms with Crippen molar-refractivity contribution in [2.24, 2.45) is 0 Å². The fourth-order valence-corrected chi connectivity index (χ4v) is 5.30. The summed E-state index contributed by atoms with van der Waals surface area (Å²) in [5, 5.41) is 2.79. The second kappa shape index (κ2) is 10.5. The highest BCUT2D eigenvalue weighted by Crippen LogP contribution is 2.25. The van der Waals surface area contributed by atoms with Crippen molar-refractivity contribution < 1.29 is 13.2 Å². The minimum absolute atomic E-state index is 0.0961. The van der Waals surface area contributed by atoms with Crippen LogP contribution in [0, 0.1) is 0 Å². The number of nitrogens with zero attached hydrogens (tertiary/aromatic N) is 2. The molecule has 1 aromatic heterocycles. The molecule has 0 radical (unpaired) electrons. The number of hydrogen-bond donors (Lipinski definition) is 1. The lowest BCUT2D eigenvalue weighted by molar-refractivity contribution is 0.102. The maximum Gasteiger partial charge on any atom is 0.264 e. The third-order valence-corrected chi connectivity index (χ3v) is 7.98. The summed E-state index contributed by atoms with van der Waals surface area (Å²) < 4.78 is 27.3. The molecule has 0 saturated carbocycles. The van der Waals surface area contributed by atoms with Gasteiger partial charge in [-0.3, -0.25) is 14.1 Å². The van der Waals surface area contributed by atoms with Crippen LogP contribution in [-0.2, 0) is 15.8 Å². The topological polar surface area (TPSA) is 79.4 Å². The smallest absolute Gasteiger partial charge is 0.264 e. The molecule has 172 valence electrons. The van der Waals surface area contributed by atoms with Gasteiger partial charge in [0.15, 0.2) is 0 Å². The number of sulfonamides is 1. The Bertz CT molecular complexity index is 1360. The molecule has 0 saturated heterocycles. The number of thioether (sulfide) groups is 1. The van der Waals surface area contributed by atoms with Gasteiger partial charge in [0, 0.05) is 41.3 Å². The highest BCUT2D eigenvalue weighted by molar-refractivity contribution is 7.98. The molecule has 6 nitrogen and oxygen atoms in total. The van der Waals surface area contributed by atoms with E-state index in [1.165, 1.54) is 23.5 Å². The van der Waals surface area contributed by atoms with Crippen LogP contribution >= 0.6 is 11.8 Å². The predicted molar refractivity (Wildman–Crippen MR) is 137 cm³/mol. The Hall–Kier alpha value is -3.62. The molecule has 0 bridgehead atoms. The summed E-state index contributed by atoms with van der Waals surface area (Å²) >= 11 is 1.66. The Morgan fingerprint density at radius 2 is 1.71 bits per heavy atom. The van der Waals surface area contributed by atoms with Gasteiger partial charge in [0.25, 0.3) is 15.9 Å².